The molecule has 23 heavy (non-hydrogen) atoms. The number of benzene rings is 2. The Bertz CT molecular complexity index is 907. The summed E-state index contributed by atoms with van der Waals surface area (Å²) < 4.78 is 1.68. The Morgan fingerprint density at radius 3 is 2.43 bits per heavy atom. The summed E-state index contributed by atoms with van der Waals surface area (Å²) in [4.78, 5) is 12.8. The summed E-state index contributed by atoms with van der Waals surface area (Å²) in [7, 11) is 0. The van der Waals surface area contributed by atoms with Gasteiger partial charge < -0.3 is 0 Å². The lowest BCUT2D eigenvalue weighted by atomic mass is 10.1. The second-order valence-corrected chi connectivity index (χ2v) is 5.91. The molecule has 0 amide bonds. The van der Waals surface area contributed by atoms with Crippen molar-refractivity contribution < 1.29 is 0 Å². The highest BCUT2D eigenvalue weighted by atomic mass is 35.5. The van der Waals surface area contributed by atoms with Gasteiger partial charge in [0.25, 0.3) is 5.56 Å². The zero-order valence-electron chi connectivity index (χ0n) is 13.0. The first kappa shape index (κ1) is 15.6. The molecule has 0 unspecified atom stereocenters. The second-order valence-electron chi connectivity index (χ2n) is 5.47. The van der Waals surface area contributed by atoms with Gasteiger partial charge in [0.15, 0.2) is 0 Å². The number of hydrogen-bond donors (Lipinski definition) is 0. The van der Waals surface area contributed by atoms with Gasteiger partial charge in [-0.25, -0.2) is 0 Å². The molecule has 1 aromatic heterocycles. The van der Waals surface area contributed by atoms with Crippen molar-refractivity contribution in [1.29, 1.82) is 0 Å². The van der Waals surface area contributed by atoms with Crippen molar-refractivity contribution in [2.45, 2.75) is 19.8 Å². The van der Waals surface area contributed by atoms with Crippen molar-refractivity contribution in [2.24, 2.45) is 0 Å². The van der Waals surface area contributed by atoms with E-state index in [0.717, 1.165) is 34.9 Å². The Hall–Kier alpha value is -2.32. The minimum atomic E-state index is -0.0180. The summed E-state index contributed by atoms with van der Waals surface area (Å²) >= 11 is 5.95. The average Bonchev–Trinajstić information content (AvgIpc) is 2.58. The molecular weight excluding hydrogens is 306 g/mol. The molecule has 2 nitrogen and oxygen atoms in total. The molecule has 0 saturated heterocycles. The van der Waals surface area contributed by atoms with Crippen LogP contribution in [0.5, 0.6) is 0 Å². The summed E-state index contributed by atoms with van der Waals surface area (Å²) in [5.41, 5.74) is 1.84. The molecule has 0 fully saturated rings. The van der Waals surface area contributed by atoms with Crippen LogP contribution in [-0.4, -0.2) is 4.57 Å². The molecule has 0 bridgehead atoms. The summed E-state index contributed by atoms with van der Waals surface area (Å²) in [6.45, 7) is 2.15. The number of rotatable bonds is 4. The predicted molar refractivity (Wildman–Crippen MR) is 98.5 cm³/mol. The molecule has 3 aromatic rings. The Balaban J connectivity index is 2.24. The Morgan fingerprint density at radius 1 is 1.04 bits per heavy atom. The maximum Gasteiger partial charge on any atom is 0.262 e. The molecule has 1 heterocycles. The van der Waals surface area contributed by atoms with Gasteiger partial charge in [0.2, 0.25) is 0 Å². The number of hydrogen-bond acceptors (Lipinski definition) is 1. The van der Waals surface area contributed by atoms with Crippen LogP contribution >= 0.6 is 11.6 Å². The molecule has 116 valence electrons. The van der Waals surface area contributed by atoms with Gasteiger partial charge >= 0.3 is 0 Å². The number of allylic oxidation sites excluding steroid dienone is 1. The maximum absolute atomic E-state index is 12.8. The van der Waals surface area contributed by atoms with Crippen molar-refractivity contribution in [1.82, 2.24) is 4.57 Å². The van der Waals surface area contributed by atoms with E-state index in [4.69, 9.17) is 11.6 Å². The first-order valence-electron chi connectivity index (χ1n) is 7.77. The summed E-state index contributed by atoms with van der Waals surface area (Å²) in [5.74, 6) is 0. The molecule has 3 rings (SSSR count). The van der Waals surface area contributed by atoms with Crippen LogP contribution in [0.1, 0.15) is 25.3 Å². The molecule has 0 saturated carbocycles. The van der Waals surface area contributed by atoms with Crippen LogP contribution in [0.4, 0.5) is 0 Å². The zero-order valence-corrected chi connectivity index (χ0v) is 13.8. The Labute approximate surface area is 140 Å². The van der Waals surface area contributed by atoms with Crippen molar-refractivity contribution in [3.8, 4) is 5.69 Å². The highest BCUT2D eigenvalue weighted by Gasteiger charge is 2.08. The van der Waals surface area contributed by atoms with E-state index in [9.17, 15) is 4.79 Å². The standard InChI is InChI=1S/C20H18ClNO/c1-2-3-4-7-15-14-22(17-12-10-16(21)11-13-17)20(23)19-9-6-5-8-18(15)19/h4-14H,2-3H2,1H3/b7-4+. The lowest BCUT2D eigenvalue weighted by molar-refractivity contribution is 0.961. The Kier molecular flexibility index (Phi) is 4.63. The average molecular weight is 324 g/mol. The fourth-order valence-electron chi connectivity index (χ4n) is 2.62. The minimum Gasteiger partial charge on any atom is -0.283 e. The molecule has 0 aliphatic rings. The predicted octanol–water partition coefficient (Wildman–Crippen LogP) is 5.46. The van der Waals surface area contributed by atoms with Crippen LogP contribution in [0.3, 0.4) is 0 Å². The maximum atomic E-state index is 12.8. The summed E-state index contributed by atoms with van der Waals surface area (Å²) in [5, 5.41) is 2.36. The van der Waals surface area contributed by atoms with Crippen molar-refractivity contribution in [3.63, 3.8) is 0 Å². The zero-order chi connectivity index (χ0) is 16.2. The lowest BCUT2D eigenvalue weighted by Gasteiger charge is -2.10. The topological polar surface area (TPSA) is 22.0 Å². The van der Waals surface area contributed by atoms with E-state index in [1.54, 1.807) is 16.7 Å². The third kappa shape index (κ3) is 3.22. The molecule has 3 heteroatoms. The van der Waals surface area contributed by atoms with Crippen LogP contribution in [0.15, 0.2) is 65.6 Å². The third-order valence-corrected chi connectivity index (χ3v) is 4.06. The van der Waals surface area contributed by atoms with Gasteiger partial charge in [0.05, 0.1) is 0 Å². The van der Waals surface area contributed by atoms with Crippen LogP contribution in [0.2, 0.25) is 5.02 Å². The minimum absolute atomic E-state index is 0.0180. The molecule has 2 aromatic carbocycles. The largest absolute Gasteiger partial charge is 0.283 e. The van der Waals surface area contributed by atoms with Crippen LogP contribution in [0, 0.1) is 0 Å². The van der Waals surface area contributed by atoms with Crippen LogP contribution < -0.4 is 5.56 Å². The monoisotopic (exact) mass is 323 g/mol. The first-order valence-corrected chi connectivity index (χ1v) is 8.15. The molecule has 0 N–H and O–H groups in total. The van der Waals surface area contributed by atoms with E-state index in [-0.39, 0.29) is 5.56 Å². The first-order chi connectivity index (χ1) is 11.2. The molecule has 0 spiro atoms. The highest BCUT2D eigenvalue weighted by Crippen LogP contribution is 2.20. The van der Waals surface area contributed by atoms with Gasteiger partial charge in [0, 0.05) is 22.3 Å². The molecule has 0 aliphatic carbocycles. The molecule has 0 radical (unpaired) electrons. The molecule has 0 atom stereocenters. The number of fused-ring (bicyclic) bond motifs is 1. The van der Waals surface area contributed by atoms with Gasteiger partial charge in [-0.3, -0.25) is 9.36 Å². The Morgan fingerprint density at radius 2 is 1.74 bits per heavy atom. The summed E-state index contributed by atoms with van der Waals surface area (Å²) in [6, 6.07) is 15.0. The van der Waals surface area contributed by atoms with E-state index in [1.807, 2.05) is 42.6 Å². The SMILES string of the molecule is CCC/C=C/c1cn(-c2ccc(Cl)cc2)c(=O)c2ccccc12. The van der Waals surface area contributed by atoms with E-state index >= 15 is 0 Å². The molecular formula is C20H18ClNO. The normalized spacial score (nSPS) is 11.4. The fraction of sp³-hybridized carbons (Fsp3) is 0.150. The van der Waals surface area contributed by atoms with Gasteiger partial charge in [-0.15, -0.1) is 0 Å². The fourth-order valence-corrected chi connectivity index (χ4v) is 2.75. The van der Waals surface area contributed by atoms with Crippen LogP contribution in [0.25, 0.3) is 22.5 Å². The number of unbranched alkanes of at least 4 members (excludes halogenated alkanes) is 1. The lowest BCUT2D eigenvalue weighted by Crippen LogP contribution is -2.18. The van der Waals surface area contributed by atoms with Gasteiger partial charge in [-0.1, -0.05) is 55.3 Å². The van der Waals surface area contributed by atoms with Crippen molar-refractivity contribution >= 4 is 28.4 Å². The number of pyridine rings is 1. The van der Waals surface area contributed by atoms with Gasteiger partial charge in [0.1, 0.15) is 0 Å². The molecule has 0 aliphatic heterocycles. The highest BCUT2D eigenvalue weighted by molar-refractivity contribution is 6.30. The smallest absolute Gasteiger partial charge is 0.262 e. The van der Waals surface area contributed by atoms with E-state index < -0.39 is 0 Å². The third-order valence-electron chi connectivity index (χ3n) is 3.81. The van der Waals surface area contributed by atoms with E-state index in [1.165, 1.54) is 0 Å². The van der Waals surface area contributed by atoms with Gasteiger partial charge in [-0.05, 0) is 47.7 Å². The van der Waals surface area contributed by atoms with E-state index in [0.29, 0.717) is 5.02 Å². The van der Waals surface area contributed by atoms with Crippen molar-refractivity contribution in [2.75, 3.05) is 0 Å². The van der Waals surface area contributed by atoms with Gasteiger partial charge in [-0.2, -0.15) is 0 Å². The summed E-state index contributed by atoms with van der Waals surface area (Å²) in [6.07, 6.45) is 8.27. The second kappa shape index (κ2) is 6.84. The number of halogens is 1. The van der Waals surface area contributed by atoms with Crippen LogP contribution in [-0.2, 0) is 0 Å². The number of nitrogens with zero attached hydrogens (tertiary/aromatic N) is 1. The van der Waals surface area contributed by atoms with E-state index in [2.05, 4.69) is 19.1 Å². The quantitative estimate of drug-likeness (QED) is 0.625. The number of aromatic nitrogens is 1. The van der Waals surface area contributed by atoms with Crippen molar-refractivity contribution in [3.05, 3.63) is 81.7 Å².